The van der Waals surface area contributed by atoms with E-state index in [1.54, 1.807) is 0 Å². The minimum Gasteiger partial charge on any atom is -0.440 e. The molecule has 0 aromatic rings. The van der Waals surface area contributed by atoms with Gasteiger partial charge in [0.15, 0.2) is 0 Å². The smallest absolute Gasteiger partial charge is 0.440 e. The Kier molecular flexibility index (Phi) is 4.00. The molecule has 0 aliphatic carbocycles. The van der Waals surface area contributed by atoms with Crippen LogP contribution in [0.5, 0.6) is 0 Å². The maximum atomic E-state index is 12.3. The van der Waals surface area contributed by atoms with Crippen molar-refractivity contribution in [1.82, 2.24) is 4.90 Å². The van der Waals surface area contributed by atoms with Gasteiger partial charge in [0.2, 0.25) is 0 Å². The SMILES string of the molecule is C=C[C@@H]1OC(=O)N2CC(Br)=C(OS(=O)(=O)C(F)(F)F)C[C@@H]12. The lowest BCUT2D eigenvalue weighted by atomic mass is 10.0. The van der Waals surface area contributed by atoms with Gasteiger partial charge in [-0.2, -0.15) is 21.6 Å². The Hall–Kier alpha value is -1.23. The zero-order valence-electron chi connectivity index (χ0n) is 10.3. The topological polar surface area (TPSA) is 72.9 Å². The number of alkyl halides is 3. The molecule has 11 heteroatoms. The molecule has 21 heavy (non-hydrogen) atoms. The zero-order valence-corrected chi connectivity index (χ0v) is 12.7. The molecule has 2 atom stereocenters. The van der Waals surface area contributed by atoms with Crippen molar-refractivity contribution in [2.45, 2.75) is 24.1 Å². The van der Waals surface area contributed by atoms with E-state index in [9.17, 15) is 26.4 Å². The highest BCUT2D eigenvalue weighted by Gasteiger charge is 2.51. The molecule has 0 aromatic carbocycles. The normalized spacial score (nSPS) is 26.5. The number of ether oxygens (including phenoxy) is 1. The van der Waals surface area contributed by atoms with Gasteiger partial charge in [-0.1, -0.05) is 6.58 Å². The number of cyclic esters (lactones) is 1. The summed E-state index contributed by atoms with van der Waals surface area (Å²) < 4.78 is 68.2. The predicted molar refractivity (Wildman–Crippen MR) is 67.6 cm³/mol. The summed E-state index contributed by atoms with van der Waals surface area (Å²) in [5.41, 5.74) is -5.52. The molecule has 1 fully saturated rings. The Morgan fingerprint density at radius 1 is 1.48 bits per heavy atom. The molecule has 1 saturated heterocycles. The number of hydrogen-bond acceptors (Lipinski definition) is 5. The second kappa shape index (κ2) is 5.20. The van der Waals surface area contributed by atoms with Crippen LogP contribution in [0.15, 0.2) is 22.9 Å². The quantitative estimate of drug-likeness (QED) is 0.419. The Balaban J connectivity index is 2.27. The van der Waals surface area contributed by atoms with Crippen LogP contribution in [0.1, 0.15) is 6.42 Å². The first-order valence-electron chi connectivity index (χ1n) is 5.55. The van der Waals surface area contributed by atoms with E-state index in [0.717, 1.165) is 0 Å². The van der Waals surface area contributed by atoms with Gasteiger partial charge in [-0.15, -0.1) is 0 Å². The van der Waals surface area contributed by atoms with E-state index in [1.165, 1.54) is 11.0 Å². The molecule has 6 nitrogen and oxygen atoms in total. The number of nitrogens with zero attached hydrogens (tertiary/aromatic N) is 1. The van der Waals surface area contributed by atoms with Crippen LogP contribution in [-0.2, 0) is 19.0 Å². The van der Waals surface area contributed by atoms with Crippen LogP contribution in [0.3, 0.4) is 0 Å². The summed E-state index contributed by atoms with van der Waals surface area (Å²) >= 11 is 2.93. The highest BCUT2D eigenvalue weighted by molar-refractivity contribution is 9.11. The molecule has 2 aliphatic rings. The molecule has 2 aliphatic heterocycles. The van der Waals surface area contributed by atoms with Crippen molar-refractivity contribution in [3.63, 3.8) is 0 Å². The van der Waals surface area contributed by atoms with E-state index < -0.39 is 39.6 Å². The van der Waals surface area contributed by atoms with E-state index in [0.29, 0.717) is 0 Å². The monoisotopic (exact) mass is 391 g/mol. The highest BCUT2D eigenvalue weighted by atomic mass is 79.9. The number of amides is 1. The highest BCUT2D eigenvalue weighted by Crippen LogP contribution is 2.37. The molecule has 0 N–H and O–H groups in total. The molecule has 0 unspecified atom stereocenters. The summed E-state index contributed by atoms with van der Waals surface area (Å²) in [4.78, 5) is 12.8. The van der Waals surface area contributed by atoms with Crippen LogP contribution in [0, 0.1) is 0 Å². The van der Waals surface area contributed by atoms with Crippen molar-refractivity contribution in [3.8, 4) is 0 Å². The Bertz CT molecular complexity index is 615. The van der Waals surface area contributed by atoms with E-state index in [-0.39, 0.29) is 17.4 Å². The van der Waals surface area contributed by atoms with E-state index >= 15 is 0 Å². The fourth-order valence-corrected chi connectivity index (χ4v) is 3.13. The third kappa shape index (κ3) is 2.89. The van der Waals surface area contributed by atoms with Crippen molar-refractivity contribution in [3.05, 3.63) is 22.9 Å². The third-order valence-electron chi connectivity index (χ3n) is 2.98. The van der Waals surface area contributed by atoms with Crippen LogP contribution in [0.4, 0.5) is 18.0 Å². The second-order valence-electron chi connectivity index (χ2n) is 4.29. The lowest BCUT2D eigenvalue weighted by Gasteiger charge is -2.29. The van der Waals surface area contributed by atoms with Crippen LogP contribution in [-0.4, -0.2) is 43.6 Å². The minimum atomic E-state index is -5.75. The number of hydrogen-bond donors (Lipinski definition) is 0. The van der Waals surface area contributed by atoms with Gasteiger partial charge in [0.1, 0.15) is 11.9 Å². The molecule has 1 amide bonds. The third-order valence-corrected chi connectivity index (χ3v) is 4.66. The maximum absolute atomic E-state index is 12.3. The van der Waals surface area contributed by atoms with Gasteiger partial charge in [0, 0.05) is 6.42 Å². The van der Waals surface area contributed by atoms with Gasteiger partial charge in [-0.25, -0.2) is 4.79 Å². The standard InChI is InChI=1S/C10H9BrF3NO5S/c1-2-7-6-3-8(20-21(17,18)10(12,13)14)5(11)4-15(6)9(16)19-7/h2,6-7H,1,3-4H2/t6-,7-/m0/s1. The van der Waals surface area contributed by atoms with E-state index in [2.05, 4.69) is 26.7 Å². The van der Waals surface area contributed by atoms with Gasteiger partial charge in [0.25, 0.3) is 0 Å². The fraction of sp³-hybridized carbons (Fsp3) is 0.500. The van der Waals surface area contributed by atoms with Gasteiger partial charge in [-0.3, -0.25) is 4.90 Å². The summed E-state index contributed by atoms with van der Waals surface area (Å²) in [7, 11) is -5.75. The van der Waals surface area contributed by atoms with Gasteiger partial charge in [0.05, 0.1) is 17.1 Å². The largest absolute Gasteiger partial charge is 0.534 e. The average molecular weight is 392 g/mol. The Labute approximate surface area is 126 Å². The fourth-order valence-electron chi connectivity index (χ4n) is 1.99. The first kappa shape index (κ1) is 16.1. The van der Waals surface area contributed by atoms with Crippen molar-refractivity contribution >= 4 is 32.1 Å². The number of fused-ring (bicyclic) bond motifs is 1. The van der Waals surface area contributed by atoms with Crippen molar-refractivity contribution in [1.29, 1.82) is 0 Å². The molecule has 2 rings (SSSR count). The number of halogens is 4. The van der Waals surface area contributed by atoms with E-state index in [1.807, 2.05) is 0 Å². The predicted octanol–water partition coefficient (Wildman–Crippen LogP) is 2.24. The average Bonchev–Trinajstić information content (AvgIpc) is 2.65. The van der Waals surface area contributed by atoms with Gasteiger partial charge in [-0.05, 0) is 22.0 Å². The van der Waals surface area contributed by atoms with Crippen LogP contribution in [0.2, 0.25) is 0 Å². The molecule has 0 saturated carbocycles. The zero-order chi connectivity index (χ0) is 16.0. The maximum Gasteiger partial charge on any atom is 0.534 e. The molecule has 0 bridgehead atoms. The van der Waals surface area contributed by atoms with Crippen LogP contribution >= 0.6 is 15.9 Å². The Morgan fingerprint density at radius 2 is 2.10 bits per heavy atom. The lowest BCUT2D eigenvalue weighted by molar-refractivity contribution is -0.0526. The van der Waals surface area contributed by atoms with Crippen molar-refractivity contribution in [2.24, 2.45) is 0 Å². The first-order valence-corrected chi connectivity index (χ1v) is 7.75. The molecule has 0 spiro atoms. The molecule has 118 valence electrons. The number of carbonyl (C=O) groups excluding carboxylic acids is 1. The summed E-state index contributed by atoms with van der Waals surface area (Å²) in [6.07, 6.45) is -0.319. The van der Waals surface area contributed by atoms with Gasteiger partial charge >= 0.3 is 21.7 Å². The van der Waals surface area contributed by atoms with Gasteiger partial charge < -0.3 is 8.92 Å². The van der Waals surface area contributed by atoms with Crippen LogP contribution < -0.4 is 0 Å². The van der Waals surface area contributed by atoms with Crippen LogP contribution in [0.25, 0.3) is 0 Å². The summed E-state index contributed by atoms with van der Waals surface area (Å²) in [6.45, 7) is 3.31. The summed E-state index contributed by atoms with van der Waals surface area (Å²) in [5, 5.41) is 0. The Morgan fingerprint density at radius 3 is 2.62 bits per heavy atom. The van der Waals surface area contributed by atoms with Crippen molar-refractivity contribution in [2.75, 3.05) is 6.54 Å². The van der Waals surface area contributed by atoms with E-state index in [4.69, 9.17) is 4.74 Å². The van der Waals surface area contributed by atoms with Crippen molar-refractivity contribution < 1.29 is 35.3 Å². The molecule has 0 radical (unpaired) electrons. The lowest BCUT2D eigenvalue weighted by Crippen LogP contribution is -2.41. The summed E-state index contributed by atoms with van der Waals surface area (Å²) in [5.74, 6) is -0.404. The first-order chi connectivity index (χ1) is 9.56. The minimum absolute atomic E-state index is 0.0354. The molecular weight excluding hydrogens is 383 g/mol. The summed E-state index contributed by atoms with van der Waals surface area (Å²) in [6, 6.07) is -0.658. The molecule has 2 heterocycles. The molecular formula is C10H9BrF3NO5S. The number of carbonyl (C=O) groups is 1. The number of rotatable bonds is 3. The molecule has 0 aromatic heterocycles. The second-order valence-corrected chi connectivity index (χ2v) is 6.79.